The van der Waals surface area contributed by atoms with Crippen LogP contribution in [-0.2, 0) is 23.5 Å². The summed E-state index contributed by atoms with van der Waals surface area (Å²) in [5, 5.41) is 9.62. The van der Waals surface area contributed by atoms with Gasteiger partial charge < -0.3 is 9.88 Å². The van der Waals surface area contributed by atoms with E-state index in [1.54, 1.807) is 53.1 Å². The highest BCUT2D eigenvalue weighted by atomic mass is 32.2. The molecule has 3 rings (SSSR count). The van der Waals surface area contributed by atoms with E-state index in [4.69, 9.17) is 12.2 Å². The van der Waals surface area contributed by atoms with Crippen LogP contribution in [0.15, 0.2) is 53.4 Å². The number of nitrogens with one attached hydrogen (secondary N) is 2. The van der Waals surface area contributed by atoms with Gasteiger partial charge in [-0.2, -0.15) is 5.10 Å². The number of hydrogen-bond donors (Lipinski definition) is 2. The lowest BCUT2D eigenvalue weighted by molar-refractivity contribution is 0.0954. The number of aromatic nitrogens is 3. The molecule has 0 fully saturated rings. The van der Waals surface area contributed by atoms with E-state index in [2.05, 4.69) is 15.5 Å². The molecule has 0 unspecified atom stereocenters. The maximum absolute atomic E-state index is 12.8. The van der Waals surface area contributed by atoms with Gasteiger partial charge in [0.2, 0.25) is 0 Å². The summed E-state index contributed by atoms with van der Waals surface area (Å²) in [4.78, 5) is 12.6. The van der Waals surface area contributed by atoms with E-state index in [-0.39, 0.29) is 10.8 Å². The first-order valence-electron chi connectivity index (χ1n) is 9.24. The summed E-state index contributed by atoms with van der Waals surface area (Å²) in [6.45, 7) is 2.30. The van der Waals surface area contributed by atoms with Crippen LogP contribution >= 0.6 is 12.2 Å². The van der Waals surface area contributed by atoms with Crippen molar-refractivity contribution in [1.29, 1.82) is 0 Å². The third kappa shape index (κ3) is 4.60. The Morgan fingerprint density at radius 2 is 1.80 bits per heavy atom. The maximum Gasteiger partial charge on any atom is 0.264 e. The van der Waals surface area contributed by atoms with E-state index in [1.165, 1.54) is 11.4 Å². The molecule has 10 heteroatoms. The van der Waals surface area contributed by atoms with Crippen molar-refractivity contribution in [2.24, 2.45) is 7.05 Å². The normalized spacial score (nSPS) is 11.3. The molecule has 0 radical (unpaired) electrons. The fraction of sp³-hybridized carbons (Fsp3) is 0.250. The number of anilines is 1. The van der Waals surface area contributed by atoms with E-state index < -0.39 is 10.0 Å². The fourth-order valence-electron chi connectivity index (χ4n) is 2.82. The van der Waals surface area contributed by atoms with Crippen LogP contribution in [0.2, 0.25) is 0 Å². The Morgan fingerprint density at radius 3 is 2.37 bits per heavy atom. The van der Waals surface area contributed by atoms with Crippen LogP contribution in [0.3, 0.4) is 0 Å². The number of carbonyl (C=O) groups excluding carboxylic acids is 1. The first-order valence-corrected chi connectivity index (χ1v) is 11.1. The average Bonchev–Trinajstić information content (AvgIpc) is 3.06. The van der Waals surface area contributed by atoms with Crippen molar-refractivity contribution >= 4 is 33.8 Å². The molecular weight excluding hydrogens is 422 g/mol. The van der Waals surface area contributed by atoms with Crippen LogP contribution in [0.4, 0.5) is 5.69 Å². The van der Waals surface area contributed by atoms with E-state index in [0.29, 0.717) is 29.0 Å². The van der Waals surface area contributed by atoms with Gasteiger partial charge in [-0.25, -0.2) is 8.42 Å². The van der Waals surface area contributed by atoms with Gasteiger partial charge in [-0.15, -0.1) is 0 Å². The van der Waals surface area contributed by atoms with Crippen molar-refractivity contribution < 1.29 is 13.2 Å². The van der Waals surface area contributed by atoms with Crippen LogP contribution in [-0.4, -0.2) is 42.7 Å². The summed E-state index contributed by atoms with van der Waals surface area (Å²) in [6.07, 6.45) is 0.533. The second-order valence-electron chi connectivity index (χ2n) is 6.84. The minimum atomic E-state index is -3.68. The molecule has 3 aromatic rings. The van der Waals surface area contributed by atoms with Crippen LogP contribution < -0.4 is 9.62 Å². The summed E-state index contributed by atoms with van der Waals surface area (Å²) >= 11 is 5.06. The summed E-state index contributed by atoms with van der Waals surface area (Å²) in [7, 11) is -0.381. The van der Waals surface area contributed by atoms with E-state index >= 15 is 0 Å². The standard InChI is InChI=1S/C20H23N5O3S2/c1-14-4-10-17(11-5-14)30(27,28)25(3)16-8-6-15(7-9-16)19(26)21-13-12-18-22-23-20(29)24(18)2/h4-11H,12-13H2,1-3H3,(H,21,26)(H,23,29). The third-order valence-corrected chi connectivity index (χ3v) is 6.94. The zero-order valence-electron chi connectivity index (χ0n) is 16.9. The molecule has 0 aliphatic heterocycles. The van der Waals surface area contributed by atoms with Crippen LogP contribution in [0, 0.1) is 11.7 Å². The van der Waals surface area contributed by atoms with Crippen molar-refractivity contribution in [2.45, 2.75) is 18.2 Å². The molecule has 1 aromatic heterocycles. The number of aryl methyl sites for hydroxylation is 1. The highest BCUT2D eigenvalue weighted by Crippen LogP contribution is 2.22. The number of hydrogen-bond acceptors (Lipinski definition) is 5. The quantitative estimate of drug-likeness (QED) is 0.545. The van der Waals surface area contributed by atoms with Crippen molar-refractivity contribution in [2.75, 3.05) is 17.9 Å². The summed E-state index contributed by atoms with van der Waals surface area (Å²) in [5.74, 6) is 0.501. The van der Waals surface area contributed by atoms with Gasteiger partial charge in [0.15, 0.2) is 4.77 Å². The second-order valence-corrected chi connectivity index (χ2v) is 9.20. The molecule has 2 aromatic carbocycles. The minimum absolute atomic E-state index is 0.214. The highest BCUT2D eigenvalue weighted by molar-refractivity contribution is 7.92. The Kier molecular flexibility index (Phi) is 6.37. The lowest BCUT2D eigenvalue weighted by Crippen LogP contribution is -2.27. The smallest absolute Gasteiger partial charge is 0.264 e. The third-order valence-electron chi connectivity index (χ3n) is 4.78. The second kappa shape index (κ2) is 8.80. The highest BCUT2D eigenvalue weighted by Gasteiger charge is 2.21. The number of sulfonamides is 1. The van der Waals surface area contributed by atoms with Gasteiger partial charge in [-0.05, 0) is 55.5 Å². The molecular formula is C20H23N5O3S2. The number of carbonyl (C=O) groups is 1. The summed E-state index contributed by atoms with van der Waals surface area (Å²) < 4.78 is 29.1. The van der Waals surface area contributed by atoms with Gasteiger partial charge in [0.1, 0.15) is 5.82 Å². The fourth-order valence-corrected chi connectivity index (χ4v) is 4.17. The molecule has 0 saturated heterocycles. The molecule has 0 atom stereocenters. The van der Waals surface area contributed by atoms with E-state index in [0.717, 1.165) is 11.4 Å². The number of aromatic amines is 1. The predicted octanol–water partition coefficient (Wildman–Crippen LogP) is 2.58. The average molecular weight is 446 g/mol. The zero-order chi connectivity index (χ0) is 21.9. The molecule has 1 amide bonds. The molecule has 0 saturated carbocycles. The van der Waals surface area contributed by atoms with Gasteiger partial charge in [-0.3, -0.25) is 14.2 Å². The largest absolute Gasteiger partial charge is 0.352 e. The molecule has 1 heterocycles. The minimum Gasteiger partial charge on any atom is -0.352 e. The van der Waals surface area contributed by atoms with Gasteiger partial charge in [0.25, 0.3) is 15.9 Å². The van der Waals surface area contributed by atoms with Crippen LogP contribution in [0.25, 0.3) is 0 Å². The molecule has 2 N–H and O–H groups in total. The number of amides is 1. The monoisotopic (exact) mass is 445 g/mol. The predicted molar refractivity (Wildman–Crippen MR) is 118 cm³/mol. The van der Waals surface area contributed by atoms with Crippen molar-refractivity contribution in [3.63, 3.8) is 0 Å². The van der Waals surface area contributed by atoms with E-state index in [1.807, 2.05) is 14.0 Å². The van der Waals surface area contributed by atoms with E-state index in [9.17, 15) is 13.2 Å². The maximum atomic E-state index is 12.8. The summed E-state index contributed by atoms with van der Waals surface area (Å²) in [5.41, 5.74) is 1.89. The number of H-pyrrole nitrogens is 1. The Morgan fingerprint density at radius 1 is 1.17 bits per heavy atom. The topological polar surface area (TPSA) is 100 Å². The van der Waals surface area contributed by atoms with Crippen LogP contribution in [0.5, 0.6) is 0 Å². The molecule has 30 heavy (non-hydrogen) atoms. The lowest BCUT2D eigenvalue weighted by Gasteiger charge is -2.20. The van der Waals surface area contributed by atoms with Crippen molar-refractivity contribution in [3.8, 4) is 0 Å². The number of rotatable bonds is 7. The zero-order valence-corrected chi connectivity index (χ0v) is 18.5. The van der Waals surface area contributed by atoms with Crippen molar-refractivity contribution in [1.82, 2.24) is 20.1 Å². The number of nitrogens with zero attached hydrogens (tertiary/aromatic N) is 3. The molecule has 0 aliphatic carbocycles. The molecule has 158 valence electrons. The van der Waals surface area contributed by atoms with Gasteiger partial charge in [0, 0.05) is 32.6 Å². The van der Waals surface area contributed by atoms with Gasteiger partial charge in [-0.1, -0.05) is 17.7 Å². The SMILES string of the molecule is Cc1ccc(S(=O)(=O)N(C)c2ccc(C(=O)NCCc3n[nH]c(=S)n3C)cc2)cc1. The van der Waals surface area contributed by atoms with Crippen LogP contribution in [0.1, 0.15) is 21.7 Å². The summed E-state index contributed by atoms with van der Waals surface area (Å²) in [6, 6.07) is 13.1. The molecule has 8 nitrogen and oxygen atoms in total. The Bertz CT molecular complexity index is 1200. The first kappa shape index (κ1) is 21.7. The first-order chi connectivity index (χ1) is 14.2. The van der Waals surface area contributed by atoms with Gasteiger partial charge in [0.05, 0.1) is 10.6 Å². The Labute approximate surface area is 180 Å². The Balaban J connectivity index is 1.64. The number of benzene rings is 2. The molecule has 0 aliphatic rings. The molecule has 0 bridgehead atoms. The van der Waals surface area contributed by atoms with Gasteiger partial charge >= 0.3 is 0 Å². The van der Waals surface area contributed by atoms with Crippen molar-refractivity contribution in [3.05, 3.63) is 70.3 Å². The Hall–Kier alpha value is -2.98. The molecule has 0 spiro atoms. The lowest BCUT2D eigenvalue weighted by atomic mass is 10.2.